The summed E-state index contributed by atoms with van der Waals surface area (Å²) in [6, 6.07) is 20.0. The van der Waals surface area contributed by atoms with Crippen molar-refractivity contribution in [1.29, 1.82) is 0 Å². The first-order valence-electron chi connectivity index (χ1n) is 13.0. The summed E-state index contributed by atoms with van der Waals surface area (Å²) in [5, 5.41) is 27.3. The van der Waals surface area contributed by atoms with E-state index in [9.17, 15) is 19.8 Å². The lowest BCUT2D eigenvalue weighted by atomic mass is 9.91. The van der Waals surface area contributed by atoms with Gasteiger partial charge in [0.05, 0.1) is 0 Å². The number of aliphatic hydroxyl groups is 2. The Morgan fingerprint density at radius 2 is 1.62 bits per heavy atom. The Balaban J connectivity index is 1.54. The number of imidazole rings is 1. The molecule has 1 aliphatic heterocycles. The number of aliphatic hydroxyl groups excluding tert-OH is 2. The van der Waals surface area contributed by atoms with Gasteiger partial charge in [0, 0.05) is 19.0 Å². The number of anilines is 1. The molecule has 2 aromatic carbocycles. The number of nitrogens with two attached hydrogens (primary N) is 1. The zero-order chi connectivity index (χ0) is 28.4. The Hall–Kier alpha value is -4.39. The van der Waals surface area contributed by atoms with Crippen LogP contribution in [0.2, 0.25) is 0 Å². The molecule has 0 aliphatic carbocycles. The number of fused-ring (bicyclic) bond motifs is 1. The monoisotopic (exact) mass is 545 g/mol. The third-order valence-electron chi connectivity index (χ3n) is 6.92. The Labute approximate surface area is 230 Å². The summed E-state index contributed by atoms with van der Waals surface area (Å²) < 4.78 is 7.24. The molecule has 3 heterocycles. The van der Waals surface area contributed by atoms with Crippen LogP contribution < -0.4 is 16.4 Å². The summed E-state index contributed by atoms with van der Waals surface area (Å²) in [5.74, 6) is -1.09. The van der Waals surface area contributed by atoms with Gasteiger partial charge in [0.15, 0.2) is 29.3 Å². The van der Waals surface area contributed by atoms with Gasteiger partial charge in [-0.05, 0) is 25.0 Å². The van der Waals surface area contributed by atoms with Gasteiger partial charge in [0.1, 0.15) is 18.0 Å². The summed E-state index contributed by atoms with van der Waals surface area (Å²) in [4.78, 5) is 37.9. The molecule has 4 aromatic rings. The highest BCUT2D eigenvalue weighted by atomic mass is 16.6. The molecule has 0 spiro atoms. The molecule has 0 saturated carbocycles. The number of amides is 2. The maximum atomic E-state index is 12.4. The quantitative estimate of drug-likeness (QED) is 0.207. The molecule has 4 atom stereocenters. The van der Waals surface area contributed by atoms with Crippen molar-refractivity contribution in [2.24, 2.45) is 5.73 Å². The first-order chi connectivity index (χ1) is 19.3. The number of nitrogens with zero attached hydrogens (tertiary/aromatic N) is 4. The number of benzene rings is 2. The molecule has 0 radical (unpaired) electrons. The van der Waals surface area contributed by atoms with Gasteiger partial charge in [0.2, 0.25) is 5.82 Å². The van der Waals surface area contributed by atoms with Gasteiger partial charge in [-0.2, -0.15) is 0 Å². The molecule has 4 unspecified atom stereocenters. The van der Waals surface area contributed by atoms with Crippen LogP contribution in [0.25, 0.3) is 11.2 Å². The third-order valence-corrected chi connectivity index (χ3v) is 6.92. The van der Waals surface area contributed by atoms with Crippen LogP contribution in [-0.4, -0.2) is 72.9 Å². The van der Waals surface area contributed by atoms with Crippen LogP contribution in [0.5, 0.6) is 0 Å². The van der Waals surface area contributed by atoms with Crippen molar-refractivity contribution < 1.29 is 24.5 Å². The molecular formula is C28H31N7O5. The van der Waals surface area contributed by atoms with E-state index in [-0.39, 0.29) is 23.2 Å². The van der Waals surface area contributed by atoms with Crippen molar-refractivity contribution in [3.05, 3.63) is 83.4 Å². The average Bonchev–Trinajstić information content (AvgIpc) is 3.44. The largest absolute Gasteiger partial charge is 0.387 e. The predicted molar refractivity (Wildman–Crippen MR) is 146 cm³/mol. The Bertz CT molecular complexity index is 1470. The van der Waals surface area contributed by atoms with Gasteiger partial charge in [-0.3, -0.25) is 14.2 Å². The fourth-order valence-corrected chi connectivity index (χ4v) is 4.98. The van der Waals surface area contributed by atoms with Crippen molar-refractivity contribution >= 4 is 28.8 Å². The number of likely N-dealkylation sites (N-methyl/N-ethyl adjacent to an activating group) is 1. The SMILES string of the molecule is CCNC(=O)C1OC(n2c(C)nc3c(NCC(c4ccccc4)c4ccccc4)nc(C(N)=O)nc32)C(O)C1O. The lowest BCUT2D eigenvalue weighted by Gasteiger charge is -2.20. The summed E-state index contributed by atoms with van der Waals surface area (Å²) in [7, 11) is 0. The number of nitrogens with one attached hydrogen (secondary N) is 2. The van der Waals surface area contributed by atoms with Gasteiger partial charge in [-0.1, -0.05) is 60.7 Å². The average molecular weight is 546 g/mol. The zero-order valence-corrected chi connectivity index (χ0v) is 22.1. The highest BCUT2D eigenvalue weighted by Crippen LogP contribution is 2.34. The van der Waals surface area contributed by atoms with Crippen LogP contribution in [0.15, 0.2) is 60.7 Å². The van der Waals surface area contributed by atoms with E-state index >= 15 is 0 Å². The summed E-state index contributed by atoms with van der Waals surface area (Å²) >= 11 is 0. The number of primary amides is 1. The van der Waals surface area contributed by atoms with Crippen molar-refractivity contribution in [3.63, 3.8) is 0 Å². The number of aryl methyl sites for hydroxylation is 1. The van der Waals surface area contributed by atoms with Crippen LogP contribution in [0.1, 0.15) is 46.6 Å². The molecule has 6 N–H and O–H groups in total. The van der Waals surface area contributed by atoms with E-state index in [1.807, 2.05) is 60.7 Å². The van der Waals surface area contributed by atoms with Gasteiger partial charge in [-0.15, -0.1) is 0 Å². The van der Waals surface area contributed by atoms with E-state index in [1.54, 1.807) is 13.8 Å². The standard InChI is InChI=1S/C28H31N7O5/c1-3-30-27(39)22-20(36)21(37)28(40-22)35-15(2)32-19-24(33-25(23(29)38)34-26(19)35)31-14-18(16-10-6-4-7-11-16)17-12-8-5-9-13-17/h4-13,18,20-22,28,36-37H,3,14H2,1-2H3,(H2,29,38)(H,30,39)(H,31,33,34). The first kappa shape index (κ1) is 27.2. The molecule has 1 fully saturated rings. The number of rotatable bonds is 9. The molecule has 40 heavy (non-hydrogen) atoms. The number of hydrogen-bond acceptors (Lipinski definition) is 9. The molecule has 1 aliphatic rings. The second-order valence-corrected chi connectivity index (χ2v) is 9.54. The predicted octanol–water partition coefficient (Wildman–Crippen LogP) is 1.23. The van der Waals surface area contributed by atoms with Crippen LogP contribution >= 0.6 is 0 Å². The molecule has 12 heteroatoms. The highest BCUT2D eigenvalue weighted by Gasteiger charge is 2.48. The number of aromatic nitrogens is 4. The fourth-order valence-electron chi connectivity index (χ4n) is 4.98. The maximum absolute atomic E-state index is 12.4. The van der Waals surface area contributed by atoms with Gasteiger partial charge in [-0.25, -0.2) is 15.0 Å². The third kappa shape index (κ3) is 5.11. The molecule has 12 nitrogen and oxygen atoms in total. The van der Waals surface area contributed by atoms with Gasteiger partial charge < -0.3 is 31.3 Å². The van der Waals surface area contributed by atoms with Crippen molar-refractivity contribution in [2.45, 2.75) is 44.3 Å². The topological polar surface area (TPSA) is 178 Å². The Morgan fingerprint density at radius 3 is 2.20 bits per heavy atom. The van der Waals surface area contributed by atoms with E-state index in [2.05, 4.69) is 25.6 Å². The number of carbonyl (C=O) groups is 2. The summed E-state index contributed by atoms with van der Waals surface area (Å²) in [6.07, 6.45) is -5.45. The summed E-state index contributed by atoms with van der Waals surface area (Å²) in [6.45, 7) is 4.13. The molecular weight excluding hydrogens is 514 g/mol. The lowest BCUT2D eigenvalue weighted by molar-refractivity contribution is -0.137. The lowest BCUT2D eigenvalue weighted by Crippen LogP contribution is -2.42. The van der Waals surface area contributed by atoms with E-state index < -0.39 is 36.4 Å². The normalized spacial score (nSPS) is 20.6. The van der Waals surface area contributed by atoms with E-state index in [0.29, 0.717) is 24.4 Å². The second kappa shape index (κ2) is 11.4. The number of ether oxygens (including phenoxy) is 1. The minimum absolute atomic E-state index is 0.0550. The smallest absolute Gasteiger partial charge is 0.286 e. The van der Waals surface area contributed by atoms with Crippen LogP contribution in [0.4, 0.5) is 5.82 Å². The number of hydrogen-bond donors (Lipinski definition) is 5. The van der Waals surface area contributed by atoms with E-state index in [4.69, 9.17) is 10.5 Å². The van der Waals surface area contributed by atoms with Crippen molar-refractivity contribution in [1.82, 2.24) is 24.8 Å². The molecule has 208 valence electrons. The highest BCUT2D eigenvalue weighted by molar-refractivity contribution is 5.93. The van der Waals surface area contributed by atoms with E-state index in [0.717, 1.165) is 11.1 Å². The summed E-state index contributed by atoms with van der Waals surface area (Å²) in [5.41, 5.74) is 8.21. The van der Waals surface area contributed by atoms with E-state index in [1.165, 1.54) is 4.57 Å². The Kier molecular flexibility index (Phi) is 7.74. The van der Waals surface area contributed by atoms with Crippen LogP contribution in [-0.2, 0) is 9.53 Å². The molecule has 2 amide bonds. The second-order valence-electron chi connectivity index (χ2n) is 9.54. The first-order valence-corrected chi connectivity index (χ1v) is 13.0. The van der Waals surface area contributed by atoms with Crippen molar-refractivity contribution in [3.8, 4) is 0 Å². The molecule has 2 aromatic heterocycles. The number of carbonyl (C=O) groups excluding carboxylic acids is 2. The maximum Gasteiger partial charge on any atom is 0.286 e. The van der Waals surface area contributed by atoms with Crippen LogP contribution in [0, 0.1) is 6.92 Å². The molecule has 0 bridgehead atoms. The fraction of sp³-hybridized carbons (Fsp3) is 0.321. The van der Waals surface area contributed by atoms with Gasteiger partial charge in [0.25, 0.3) is 11.8 Å². The zero-order valence-electron chi connectivity index (χ0n) is 22.1. The molecule has 1 saturated heterocycles. The minimum Gasteiger partial charge on any atom is -0.387 e. The Morgan fingerprint density at radius 1 is 1.00 bits per heavy atom. The van der Waals surface area contributed by atoms with Crippen LogP contribution in [0.3, 0.4) is 0 Å². The van der Waals surface area contributed by atoms with Gasteiger partial charge >= 0.3 is 0 Å². The minimum atomic E-state index is -1.49. The van der Waals surface area contributed by atoms with Crippen molar-refractivity contribution in [2.75, 3.05) is 18.4 Å². The molecule has 5 rings (SSSR count).